The van der Waals surface area contributed by atoms with Crippen LogP contribution < -0.4 is 10.3 Å². The average molecular weight is 405 g/mol. The highest BCUT2D eigenvalue weighted by atomic mass is 32.1. The summed E-state index contributed by atoms with van der Waals surface area (Å²) in [6.45, 7) is 9.82. The molecule has 2 N–H and O–H groups in total. The van der Waals surface area contributed by atoms with Crippen molar-refractivity contribution >= 4 is 24.9 Å². The second-order valence-electron chi connectivity index (χ2n) is 6.78. The van der Waals surface area contributed by atoms with Crippen LogP contribution in [0.15, 0.2) is 41.9 Å². The molecule has 0 radical (unpaired) electrons. The third-order valence-electron chi connectivity index (χ3n) is 4.99. The zero-order valence-electron chi connectivity index (χ0n) is 16.8. The van der Waals surface area contributed by atoms with Crippen molar-refractivity contribution in [1.82, 2.24) is 20.3 Å². The van der Waals surface area contributed by atoms with Crippen LogP contribution >= 0.6 is 13.5 Å². The molecule has 3 heterocycles. The van der Waals surface area contributed by atoms with Crippen molar-refractivity contribution in [2.24, 2.45) is 5.10 Å². The van der Waals surface area contributed by atoms with E-state index in [0.29, 0.717) is 12.1 Å². The summed E-state index contributed by atoms with van der Waals surface area (Å²) in [5, 5.41) is 14.8. The molecule has 8 heteroatoms. The van der Waals surface area contributed by atoms with E-state index in [0.717, 1.165) is 37.5 Å². The summed E-state index contributed by atoms with van der Waals surface area (Å²) in [5.74, 6) is 0.206. The first-order valence-electron chi connectivity index (χ1n) is 9.46. The second-order valence-corrected chi connectivity index (χ2v) is 6.78. The average Bonchev–Trinajstić information content (AvgIpc) is 2.72. The summed E-state index contributed by atoms with van der Waals surface area (Å²) in [5.41, 5.74) is 6.53. The first-order valence-corrected chi connectivity index (χ1v) is 9.46. The van der Waals surface area contributed by atoms with Gasteiger partial charge in [-0.2, -0.15) is 18.6 Å². The Balaban J connectivity index is 0.00000210. The summed E-state index contributed by atoms with van der Waals surface area (Å²) in [4.78, 5) is 13.2. The number of hydrogen-bond acceptors (Lipinski definition) is 7. The highest BCUT2D eigenvalue weighted by molar-refractivity contribution is 7.59. The number of pyridine rings is 2. The Kier molecular flexibility index (Phi) is 8.07. The summed E-state index contributed by atoms with van der Waals surface area (Å²) in [6, 6.07) is 5.87. The van der Waals surface area contributed by atoms with Crippen LogP contribution in [0.1, 0.15) is 33.0 Å². The largest absolute Gasteiger partial charge is 0.505 e. The highest BCUT2D eigenvalue weighted by Gasteiger charge is 2.21. The lowest BCUT2D eigenvalue weighted by molar-refractivity contribution is 0.170. The molecule has 1 saturated heterocycles. The van der Waals surface area contributed by atoms with Gasteiger partial charge in [-0.1, -0.05) is 6.92 Å². The predicted octanol–water partition coefficient (Wildman–Crippen LogP) is 2.72. The van der Waals surface area contributed by atoms with E-state index in [4.69, 9.17) is 0 Å². The van der Waals surface area contributed by atoms with Crippen LogP contribution in [0, 0.1) is 6.92 Å². The van der Waals surface area contributed by atoms with Gasteiger partial charge in [0.05, 0.1) is 23.8 Å². The molecule has 3 rings (SSSR count). The molecule has 1 unspecified atom stereocenters. The van der Waals surface area contributed by atoms with E-state index in [-0.39, 0.29) is 26.8 Å². The summed E-state index contributed by atoms with van der Waals surface area (Å²) in [6.07, 6.45) is 6.22. The van der Waals surface area contributed by atoms with Crippen LogP contribution in [0.25, 0.3) is 0 Å². The Hall–Kier alpha value is -2.32. The number of hydrazone groups is 1. The first kappa shape index (κ1) is 22.0. The molecule has 1 fully saturated rings. The Labute approximate surface area is 175 Å². The molecule has 1 aliphatic heterocycles. The van der Waals surface area contributed by atoms with Gasteiger partial charge in [0, 0.05) is 40.0 Å². The maximum absolute atomic E-state index is 10.3. The van der Waals surface area contributed by atoms with Crippen molar-refractivity contribution in [3.05, 3.63) is 48.0 Å². The minimum atomic E-state index is 0. The molecule has 0 bridgehead atoms. The van der Waals surface area contributed by atoms with Gasteiger partial charge in [-0.3, -0.25) is 20.3 Å². The molecule has 154 valence electrons. The zero-order valence-corrected chi connectivity index (χ0v) is 17.8. The molecular formula is C20H32N6OS. The van der Waals surface area contributed by atoms with Gasteiger partial charge in [0.15, 0.2) is 0 Å². The van der Waals surface area contributed by atoms with Crippen molar-refractivity contribution in [2.75, 3.05) is 31.1 Å². The van der Waals surface area contributed by atoms with Gasteiger partial charge in [-0.25, -0.2) is 0 Å². The van der Waals surface area contributed by atoms with Crippen LogP contribution in [0.5, 0.6) is 5.75 Å². The maximum atomic E-state index is 10.3. The lowest BCUT2D eigenvalue weighted by atomic mass is 10.1. The summed E-state index contributed by atoms with van der Waals surface area (Å²) in [7, 11) is 0. The molecule has 1 atom stereocenters. The van der Waals surface area contributed by atoms with E-state index in [1.807, 2.05) is 26.1 Å². The number of aromatic nitrogens is 2. The van der Waals surface area contributed by atoms with Gasteiger partial charge in [-0.05, 0) is 44.0 Å². The van der Waals surface area contributed by atoms with Crippen molar-refractivity contribution in [2.45, 2.75) is 33.4 Å². The van der Waals surface area contributed by atoms with E-state index in [1.165, 1.54) is 5.69 Å². The van der Waals surface area contributed by atoms with Gasteiger partial charge < -0.3 is 10.0 Å². The molecule has 0 amide bonds. The maximum Gasteiger partial charge on any atom is 0.146 e. The minimum Gasteiger partial charge on any atom is -0.505 e. The Morgan fingerprint density at radius 2 is 2.04 bits per heavy atom. The monoisotopic (exact) mass is 404 g/mol. The van der Waals surface area contributed by atoms with Crippen LogP contribution in [0.3, 0.4) is 0 Å². The van der Waals surface area contributed by atoms with Gasteiger partial charge >= 0.3 is 0 Å². The molecule has 7 nitrogen and oxygen atoms in total. The van der Waals surface area contributed by atoms with Gasteiger partial charge in [0.2, 0.25) is 0 Å². The van der Waals surface area contributed by atoms with Gasteiger partial charge in [-0.15, -0.1) is 0 Å². The number of piperazine rings is 1. The molecule has 2 aromatic heterocycles. The molecular weight excluding hydrogens is 372 g/mol. The van der Waals surface area contributed by atoms with Crippen molar-refractivity contribution in [3.63, 3.8) is 0 Å². The fraction of sp³-hybridized carbons (Fsp3) is 0.450. The molecule has 0 saturated carbocycles. The zero-order chi connectivity index (χ0) is 19.2. The lowest BCUT2D eigenvalue weighted by Crippen LogP contribution is -2.53. The summed E-state index contributed by atoms with van der Waals surface area (Å²) < 4.78 is 0. The minimum absolute atomic E-state index is 0. The summed E-state index contributed by atoms with van der Waals surface area (Å²) >= 11 is 0. The van der Waals surface area contributed by atoms with Gasteiger partial charge in [0.1, 0.15) is 11.4 Å². The van der Waals surface area contributed by atoms with E-state index < -0.39 is 0 Å². The highest BCUT2D eigenvalue weighted by Crippen LogP contribution is 2.21. The van der Waals surface area contributed by atoms with E-state index in [1.54, 1.807) is 18.5 Å². The van der Waals surface area contributed by atoms with Crippen LogP contribution in [0.2, 0.25) is 0 Å². The Morgan fingerprint density at radius 3 is 2.68 bits per heavy atom. The SMILES string of the molecule is CC/C(=N/NC(C)N1CCN(c2cccnc2)CC1)c1nccc(C)c1O.S.[HH]. The van der Waals surface area contributed by atoms with Gasteiger partial charge in [0.25, 0.3) is 0 Å². The number of anilines is 1. The fourth-order valence-electron chi connectivity index (χ4n) is 3.22. The predicted molar refractivity (Wildman–Crippen MR) is 121 cm³/mol. The molecule has 0 aromatic carbocycles. The van der Waals surface area contributed by atoms with Crippen LogP contribution in [-0.2, 0) is 0 Å². The molecule has 1 aliphatic rings. The third-order valence-corrected chi connectivity index (χ3v) is 4.99. The Bertz CT molecular complexity index is 784. The molecule has 0 spiro atoms. The van der Waals surface area contributed by atoms with Crippen LogP contribution in [-0.4, -0.2) is 58.0 Å². The smallest absolute Gasteiger partial charge is 0.146 e. The number of aromatic hydroxyl groups is 1. The molecule has 28 heavy (non-hydrogen) atoms. The second kappa shape index (κ2) is 10.3. The number of hydrogen-bond donors (Lipinski definition) is 2. The van der Waals surface area contributed by atoms with E-state index >= 15 is 0 Å². The molecule has 0 aliphatic carbocycles. The number of rotatable bonds is 6. The number of nitrogens with zero attached hydrogens (tertiary/aromatic N) is 5. The quantitative estimate of drug-likeness (QED) is 0.569. The number of nitrogens with one attached hydrogen (secondary N) is 1. The third kappa shape index (κ3) is 5.14. The lowest BCUT2D eigenvalue weighted by Gasteiger charge is -2.38. The fourth-order valence-corrected chi connectivity index (χ4v) is 3.22. The van der Waals surface area contributed by atoms with Crippen molar-refractivity contribution in [1.29, 1.82) is 0 Å². The Morgan fingerprint density at radius 1 is 1.29 bits per heavy atom. The van der Waals surface area contributed by atoms with E-state index in [9.17, 15) is 5.11 Å². The normalized spacial score (nSPS) is 16.4. The molecule has 2 aromatic rings. The standard InChI is InChI=1S/C20H28N6O.H2S.H2/c1-4-18(19-20(27)15(2)7-9-22-19)24-23-16(3)25-10-12-26(13-11-25)17-6-5-8-21-14-17;;/h5-9,14,16,23,27H,4,10-13H2,1-3H3;1H2;1H/b24-18-;;. The van der Waals surface area contributed by atoms with E-state index in [2.05, 4.69) is 43.3 Å². The topological polar surface area (TPSA) is 76.9 Å². The first-order chi connectivity index (χ1) is 13.1. The van der Waals surface area contributed by atoms with Crippen molar-refractivity contribution < 1.29 is 6.53 Å². The van der Waals surface area contributed by atoms with Crippen molar-refractivity contribution in [3.8, 4) is 5.75 Å². The van der Waals surface area contributed by atoms with Crippen LogP contribution in [0.4, 0.5) is 5.69 Å². The number of aryl methyl sites for hydroxylation is 1.